The molecule has 0 saturated carbocycles. The first kappa shape index (κ1) is 16.9. The van der Waals surface area contributed by atoms with E-state index in [1.54, 1.807) is 6.07 Å². The van der Waals surface area contributed by atoms with Crippen LogP contribution in [0.2, 0.25) is 0 Å². The zero-order valence-electron chi connectivity index (χ0n) is 12.9. The summed E-state index contributed by atoms with van der Waals surface area (Å²) in [6.45, 7) is 4.57. The average Bonchev–Trinajstić information content (AvgIpc) is 2.40. The Morgan fingerprint density at radius 2 is 2.09 bits per heavy atom. The van der Waals surface area contributed by atoms with Gasteiger partial charge in [0.1, 0.15) is 5.82 Å². The Morgan fingerprint density at radius 1 is 1.41 bits per heavy atom. The van der Waals surface area contributed by atoms with Crippen LogP contribution in [0.15, 0.2) is 18.2 Å². The Kier molecular flexibility index (Phi) is 4.58. The van der Waals surface area contributed by atoms with Crippen LogP contribution in [0.4, 0.5) is 4.39 Å². The number of benzene rings is 1. The van der Waals surface area contributed by atoms with Crippen molar-refractivity contribution in [2.45, 2.75) is 25.9 Å². The van der Waals surface area contributed by atoms with Crippen molar-refractivity contribution in [1.82, 2.24) is 4.90 Å². The molecule has 0 radical (unpaired) electrons. The fraction of sp³-hybridized carbons (Fsp3) is 0.533. The van der Waals surface area contributed by atoms with Gasteiger partial charge in [0.05, 0.1) is 24.2 Å². The number of ether oxygens (including phenoxy) is 1. The van der Waals surface area contributed by atoms with E-state index in [0.29, 0.717) is 18.7 Å². The molecule has 1 aromatic rings. The van der Waals surface area contributed by atoms with Crippen LogP contribution in [0.3, 0.4) is 0 Å². The number of esters is 1. The smallest absolute Gasteiger partial charge is 0.340 e. The van der Waals surface area contributed by atoms with Crippen molar-refractivity contribution >= 4 is 15.8 Å². The third-order valence-corrected chi connectivity index (χ3v) is 5.86. The highest BCUT2D eigenvalue weighted by atomic mass is 32.2. The largest absolute Gasteiger partial charge is 0.465 e. The number of hydrogen-bond acceptors (Lipinski definition) is 5. The lowest BCUT2D eigenvalue weighted by Gasteiger charge is -2.42. The number of rotatable bonds is 3. The van der Waals surface area contributed by atoms with E-state index in [2.05, 4.69) is 4.74 Å². The van der Waals surface area contributed by atoms with Gasteiger partial charge in [-0.05, 0) is 31.5 Å². The summed E-state index contributed by atoms with van der Waals surface area (Å²) < 4.78 is 41.9. The summed E-state index contributed by atoms with van der Waals surface area (Å²) in [5, 5.41) is 0. The van der Waals surface area contributed by atoms with Gasteiger partial charge in [0.15, 0.2) is 9.84 Å². The van der Waals surface area contributed by atoms with Crippen LogP contribution in [0.5, 0.6) is 0 Å². The zero-order chi connectivity index (χ0) is 16.5. The van der Waals surface area contributed by atoms with Crippen LogP contribution in [0.25, 0.3) is 0 Å². The monoisotopic (exact) mass is 329 g/mol. The van der Waals surface area contributed by atoms with Crippen LogP contribution < -0.4 is 0 Å². The second-order valence-electron chi connectivity index (χ2n) is 6.13. The molecule has 1 heterocycles. The van der Waals surface area contributed by atoms with Gasteiger partial charge < -0.3 is 4.74 Å². The number of nitrogens with zero attached hydrogens (tertiary/aromatic N) is 1. The van der Waals surface area contributed by atoms with Crippen molar-refractivity contribution in [2.75, 3.05) is 25.2 Å². The number of carbonyl (C=O) groups is 1. The molecule has 0 amide bonds. The standard InChI is InChI=1S/C15H20FNO4S/c1-15(2)10-22(19,20)7-6-17(15)9-11-4-5-12(13(16)8-11)14(18)21-3/h4-5,8H,6-7,9-10H2,1-3H3. The lowest BCUT2D eigenvalue weighted by molar-refractivity contribution is 0.0595. The summed E-state index contributed by atoms with van der Waals surface area (Å²) in [5.74, 6) is -1.15. The Labute approximate surface area is 130 Å². The van der Waals surface area contributed by atoms with Crippen molar-refractivity contribution < 1.29 is 22.3 Å². The summed E-state index contributed by atoms with van der Waals surface area (Å²) in [6.07, 6.45) is 0. The minimum atomic E-state index is -3.02. The molecule has 0 N–H and O–H groups in total. The van der Waals surface area contributed by atoms with Gasteiger partial charge in [-0.2, -0.15) is 0 Å². The van der Waals surface area contributed by atoms with Crippen LogP contribution in [-0.4, -0.2) is 50.0 Å². The highest BCUT2D eigenvalue weighted by molar-refractivity contribution is 7.91. The van der Waals surface area contributed by atoms with Gasteiger partial charge in [0.2, 0.25) is 0 Å². The first-order chi connectivity index (χ1) is 10.1. The molecule has 0 aliphatic carbocycles. The van der Waals surface area contributed by atoms with Gasteiger partial charge in [-0.1, -0.05) is 6.07 Å². The van der Waals surface area contributed by atoms with Gasteiger partial charge in [-0.3, -0.25) is 4.90 Å². The highest BCUT2D eigenvalue weighted by Gasteiger charge is 2.37. The van der Waals surface area contributed by atoms with E-state index < -0.39 is 27.2 Å². The third kappa shape index (κ3) is 3.64. The van der Waals surface area contributed by atoms with E-state index in [9.17, 15) is 17.6 Å². The van der Waals surface area contributed by atoms with Crippen molar-refractivity contribution in [2.24, 2.45) is 0 Å². The fourth-order valence-corrected chi connectivity index (χ4v) is 4.60. The molecule has 1 aliphatic heterocycles. The van der Waals surface area contributed by atoms with E-state index >= 15 is 0 Å². The van der Waals surface area contributed by atoms with E-state index in [4.69, 9.17) is 0 Å². The van der Waals surface area contributed by atoms with Gasteiger partial charge in [0, 0.05) is 18.6 Å². The molecule has 1 aliphatic rings. The molecular formula is C15H20FNO4S. The van der Waals surface area contributed by atoms with Gasteiger partial charge in [-0.25, -0.2) is 17.6 Å². The number of hydrogen-bond donors (Lipinski definition) is 0. The van der Waals surface area contributed by atoms with Crippen LogP contribution in [0.1, 0.15) is 29.8 Å². The minimum Gasteiger partial charge on any atom is -0.465 e. The Balaban J connectivity index is 2.18. The number of halogens is 1. The second kappa shape index (κ2) is 5.96. The molecule has 0 atom stereocenters. The molecule has 0 spiro atoms. The van der Waals surface area contributed by atoms with Crippen LogP contribution >= 0.6 is 0 Å². The Hall–Kier alpha value is -1.47. The first-order valence-corrected chi connectivity index (χ1v) is 8.79. The molecule has 7 heteroatoms. The first-order valence-electron chi connectivity index (χ1n) is 6.97. The molecule has 5 nitrogen and oxygen atoms in total. The maximum absolute atomic E-state index is 13.9. The summed E-state index contributed by atoms with van der Waals surface area (Å²) in [5.41, 5.74) is 0.0819. The fourth-order valence-electron chi connectivity index (χ4n) is 2.70. The quantitative estimate of drug-likeness (QED) is 0.789. The molecule has 2 rings (SSSR count). The Morgan fingerprint density at radius 3 is 2.64 bits per heavy atom. The lowest BCUT2D eigenvalue weighted by Crippen LogP contribution is -2.54. The average molecular weight is 329 g/mol. The lowest BCUT2D eigenvalue weighted by atomic mass is 10.0. The molecule has 0 bridgehead atoms. The molecule has 1 fully saturated rings. The van der Waals surface area contributed by atoms with Crippen molar-refractivity contribution in [3.05, 3.63) is 35.1 Å². The van der Waals surface area contributed by atoms with E-state index in [0.717, 1.165) is 0 Å². The predicted octanol–water partition coefficient (Wildman–Crippen LogP) is 1.62. The second-order valence-corrected chi connectivity index (χ2v) is 8.32. The highest BCUT2D eigenvalue weighted by Crippen LogP contribution is 2.25. The maximum Gasteiger partial charge on any atom is 0.340 e. The number of carbonyl (C=O) groups excluding carboxylic acids is 1. The van der Waals surface area contributed by atoms with E-state index in [1.807, 2.05) is 18.7 Å². The van der Waals surface area contributed by atoms with Crippen molar-refractivity contribution in [3.8, 4) is 0 Å². The van der Waals surface area contributed by atoms with E-state index in [-0.39, 0.29) is 17.1 Å². The molecule has 0 unspecified atom stereocenters. The third-order valence-electron chi connectivity index (χ3n) is 3.91. The molecule has 1 saturated heterocycles. The predicted molar refractivity (Wildman–Crippen MR) is 80.9 cm³/mol. The van der Waals surface area contributed by atoms with E-state index in [1.165, 1.54) is 19.2 Å². The van der Waals surface area contributed by atoms with Crippen molar-refractivity contribution in [3.63, 3.8) is 0 Å². The van der Waals surface area contributed by atoms with Crippen molar-refractivity contribution in [1.29, 1.82) is 0 Å². The summed E-state index contributed by atoms with van der Waals surface area (Å²) in [4.78, 5) is 13.4. The van der Waals surface area contributed by atoms with Gasteiger partial charge in [-0.15, -0.1) is 0 Å². The maximum atomic E-state index is 13.9. The zero-order valence-corrected chi connectivity index (χ0v) is 13.7. The van der Waals surface area contributed by atoms with Crippen LogP contribution in [0, 0.1) is 5.82 Å². The summed E-state index contributed by atoms with van der Waals surface area (Å²) in [7, 11) is -1.82. The molecule has 22 heavy (non-hydrogen) atoms. The Bertz CT molecular complexity index is 685. The molecular weight excluding hydrogens is 309 g/mol. The van der Waals surface area contributed by atoms with Crippen LogP contribution in [-0.2, 0) is 21.1 Å². The SMILES string of the molecule is COC(=O)c1ccc(CN2CCS(=O)(=O)CC2(C)C)cc1F. The number of methoxy groups -OCH3 is 1. The summed E-state index contributed by atoms with van der Waals surface area (Å²) >= 11 is 0. The minimum absolute atomic E-state index is 0.0860. The topological polar surface area (TPSA) is 63.7 Å². The molecule has 1 aromatic carbocycles. The van der Waals surface area contributed by atoms with Gasteiger partial charge in [0.25, 0.3) is 0 Å². The molecule has 122 valence electrons. The van der Waals surface area contributed by atoms with Gasteiger partial charge >= 0.3 is 5.97 Å². The number of sulfone groups is 1. The normalized spacial score (nSPS) is 20.5. The summed E-state index contributed by atoms with van der Waals surface area (Å²) in [6, 6.07) is 4.35. The molecule has 0 aromatic heterocycles.